The third kappa shape index (κ3) is 3.70. The number of nitrogens with zero attached hydrogens (tertiary/aromatic N) is 2. The molecule has 2 heterocycles. The van der Waals surface area contributed by atoms with Crippen LogP contribution in [0.25, 0.3) is 10.9 Å². The van der Waals surface area contributed by atoms with Gasteiger partial charge in [0.15, 0.2) is 0 Å². The van der Waals surface area contributed by atoms with Gasteiger partial charge >= 0.3 is 0 Å². The smallest absolute Gasteiger partial charge is 0.123 e. The van der Waals surface area contributed by atoms with Crippen molar-refractivity contribution in [1.82, 2.24) is 9.47 Å². The zero-order valence-corrected chi connectivity index (χ0v) is 16.5. The van der Waals surface area contributed by atoms with Crippen molar-refractivity contribution in [2.45, 2.75) is 32.5 Å². The average Bonchev–Trinajstić information content (AvgIpc) is 2.89. The summed E-state index contributed by atoms with van der Waals surface area (Å²) in [5.74, 6) is -0.156. The van der Waals surface area contributed by atoms with Gasteiger partial charge in [-0.15, -0.1) is 0 Å². The first kappa shape index (κ1) is 18.1. The van der Waals surface area contributed by atoms with E-state index in [9.17, 15) is 4.39 Å². The van der Waals surface area contributed by atoms with Gasteiger partial charge in [-0.1, -0.05) is 60.7 Å². The second-order valence-corrected chi connectivity index (χ2v) is 7.96. The van der Waals surface area contributed by atoms with Crippen molar-refractivity contribution in [2.24, 2.45) is 0 Å². The van der Waals surface area contributed by atoms with E-state index in [2.05, 4.69) is 70.1 Å². The van der Waals surface area contributed by atoms with Gasteiger partial charge in [0, 0.05) is 36.2 Å². The molecule has 4 aromatic rings. The summed E-state index contributed by atoms with van der Waals surface area (Å²) in [7, 11) is 0. The highest BCUT2D eigenvalue weighted by atomic mass is 19.1. The van der Waals surface area contributed by atoms with E-state index in [1.165, 1.54) is 22.4 Å². The van der Waals surface area contributed by atoms with Crippen LogP contribution < -0.4 is 0 Å². The largest absolute Gasteiger partial charge is 0.340 e. The van der Waals surface area contributed by atoms with Crippen LogP contribution in [0.4, 0.5) is 4.39 Å². The van der Waals surface area contributed by atoms with Crippen LogP contribution in [0.1, 0.15) is 28.8 Å². The lowest BCUT2D eigenvalue weighted by atomic mass is 10.1. The molecule has 1 aliphatic rings. The van der Waals surface area contributed by atoms with Crippen molar-refractivity contribution in [3.8, 4) is 0 Å². The van der Waals surface area contributed by atoms with Crippen molar-refractivity contribution in [3.63, 3.8) is 0 Å². The topological polar surface area (TPSA) is 8.17 Å². The van der Waals surface area contributed by atoms with E-state index in [0.717, 1.165) is 49.9 Å². The van der Waals surface area contributed by atoms with Crippen LogP contribution in [0.15, 0.2) is 78.9 Å². The molecule has 1 aromatic heterocycles. The highest BCUT2D eigenvalue weighted by Gasteiger charge is 2.23. The van der Waals surface area contributed by atoms with Gasteiger partial charge in [-0.05, 0) is 54.3 Å². The third-order valence-corrected chi connectivity index (χ3v) is 5.95. The van der Waals surface area contributed by atoms with Gasteiger partial charge in [-0.2, -0.15) is 0 Å². The van der Waals surface area contributed by atoms with Gasteiger partial charge in [0.05, 0.1) is 0 Å². The number of halogens is 1. The fourth-order valence-corrected chi connectivity index (χ4v) is 4.61. The van der Waals surface area contributed by atoms with Gasteiger partial charge in [-0.3, -0.25) is 4.90 Å². The highest BCUT2D eigenvalue weighted by Crippen LogP contribution is 2.32. The van der Waals surface area contributed by atoms with Gasteiger partial charge in [0.1, 0.15) is 5.82 Å². The molecule has 3 heteroatoms. The fourth-order valence-electron chi connectivity index (χ4n) is 4.61. The molecule has 0 saturated carbocycles. The lowest BCUT2D eigenvalue weighted by molar-refractivity contribution is 0.262. The number of hydrogen-bond acceptors (Lipinski definition) is 1. The number of rotatable bonds is 4. The van der Waals surface area contributed by atoms with E-state index in [-0.39, 0.29) is 5.82 Å². The van der Waals surface area contributed by atoms with Crippen molar-refractivity contribution >= 4 is 10.9 Å². The maximum atomic E-state index is 14.2. The summed E-state index contributed by atoms with van der Waals surface area (Å²) in [6.07, 6.45) is 2.15. The second kappa shape index (κ2) is 7.84. The first-order chi connectivity index (χ1) is 14.3. The van der Waals surface area contributed by atoms with Crippen molar-refractivity contribution in [2.75, 3.05) is 6.54 Å². The Kier molecular flexibility index (Phi) is 4.91. The quantitative estimate of drug-likeness (QED) is 0.433. The Morgan fingerprint density at radius 1 is 0.793 bits per heavy atom. The van der Waals surface area contributed by atoms with Crippen LogP contribution in [0.3, 0.4) is 0 Å². The lowest BCUT2D eigenvalue weighted by Gasteiger charge is -2.20. The molecule has 2 nitrogen and oxygen atoms in total. The van der Waals surface area contributed by atoms with E-state index in [4.69, 9.17) is 0 Å². The van der Waals surface area contributed by atoms with Crippen LogP contribution in [0, 0.1) is 5.82 Å². The van der Waals surface area contributed by atoms with Gasteiger partial charge in [-0.25, -0.2) is 4.39 Å². The van der Waals surface area contributed by atoms with Crippen LogP contribution in [-0.4, -0.2) is 16.0 Å². The molecular formula is C26H25FN2. The van der Waals surface area contributed by atoms with Crippen molar-refractivity contribution < 1.29 is 4.39 Å². The summed E-state index contributed by atoms with van der Waals surface area (Å²) < 4.78 is 16.6. The molecule has 0 bridgehead atoms. The Morgan fingerprint density at radius 3 is 2.21 bits per heavy atom. The molecule has 146 valence electrons. The highest BCUT2D eigenvalue weighted by molar-refractivity contribution is 5.86. The molecule has 0 unspecified atom stereocenters. The average molecular weight is 384 g/mol. The summed E-state index contributed by atoms with van der Waals surface area (Å²) in [5.41, 5.74) is 6.41. The Morgan fingerprint density at radius 2 is 1.48 bits per heavy atom. The Labute approximate surface area is 171 Å². The van der Waals surface area contributed by atoms with Crippen LogP contribution >= 0.6 is 0 Å². The molecule has 0 saturated heterocycles. The summed E-state index contributed by atoms with van der Waals surface area (Å²) in [4.78, 5) is 2.50. The third-order valence-electron chi connectivity index (χ3n) is 5.95. The molecule has 5 rings (SSSR count). The standard InChI is InChI=1S/C26H25FN2/c27-22-13-14-26-23(16-22)24-19-28(17-20-8-3-1-4-9-20)15-7-12-25(24)29(26)18-21-10-5-2-6-11-21/h1-6,8-11,13-14,16H,7,12,15,17-19H2. The summed E-state index contributed by atoms with van der Waals surface area (Å²) in [6.45, 7) is 3.69. The molecule has 29 heavy (non-hydrogen) atoms. The van der Waals surface area contributed by atoms with Crippen molar-refractivity contribution in [1.29, 1.82) is 0 Å². The molecular weight excluding hydrogens is 359 g/mol. The zero-order valence-electron chi connectivity index (χ0n) is 16.5. The number of benzene rings is 3. The van der Waals surface area contributed by atoms with E-state index in [1.807, 2.05) is 6.07 Å². The second-order valence-electron chi connectivity index (χ2n) is 7.96. The summed E-state index contributed by atoms with van der Waals surface area (Å²) in [5, 5.41) is 1.07. The SMILES string of the molecule is Fc1ccc2c(c1)c1c(n2Cc2ccccc2)CCCN(Cc2ccccc2)C1. The lowest BCUT2D eigenvalue weighted by Crippen LogP contribution is -2.22. The molecule has 0 fully saturated rings. The Balaban J connectivity index is 1.55. The Bertz CT molecular complexity index is 1120. The molecule has 1 aliphatic heterocycles. The maximum absolute atomic E-state index is 14.2. The minimum atomic E-state index is -0.156. The normalized spacial score (nSPS) is 14.7. The maximum Gasteiger partial charge on any atom is 0.123 e. The van der Waals surface area contributed by atoms with Gasteiger partial charge in [0.25, 0.3) is 0 Å². The van der Waals surface area contributed by atoms with Crippen LogP contribution in [-0.2, 0) is 26.1 Å². The van der Waals surface area contributed by atoms with Gasteiger partial charge in [0.2, 0.25) is 0 Å². The summed E-state index contributed by atoms with van der Waals surface area (Å²) >= 11 is 0. The zero-order chi connectivity index (χ0) is 19.6. The monoisotopic (exact) mass is 384 g/mol. The molecule has 0 N–H and O–H groups in total. The fraction of sp³-hybridized carbons (Fsp3) is 0.231. The minimum absolute atomic E-state index is 0.156. The first-order valence-electron chi connectivity index (χ1n) is 10.4. The van der Waals surface area contributed by atoms with E-state index >= 15 is 0 Å². The Hall–Kier alpha value is -2.91. The van der Waals surface area contributed by atoms with E-state index < -0.39 is 0 Å². The molecule has 0 aliphatic carbocycles. The van der Waals surface area contributed by atoms with Crippen molar-refractivity contribution in [3.05, 3.63) is 107 Å². The summed E-state index contributed by atoms with van der Waals surface area (Å²) in [6, 6.07) is 26.4. The van der Waals surface area contributed by atoms with Gasteiger partial charge < -0.3 is 4.57 Å². The predicted octanol–water partition coefficient (Wildman–Crippen LogP) is 5.78. The van der Waals surface area contributed by atoms with E-state index in [1.54, 1.807) is 12.1 Å². The van der Waals surface area contributed by atoms with E-state index in [0.29, 0.717) is 0 Å². The van der Waals surface area contributed by atoms with Crippen LogP contribution in [0.5, 0.6) is 0 Å². The number of fused-ring (bicyclic) bond motifs is 3. The molecule has 0 spiro atoms. The molecule has 3 aromatic carbocycles. The minimum Gasteiger partial charge on any atom is -0.340 e. The predicted molar refractivity (Wildman–Crippen MR) is 116 cm³/mol. The van der Waals surface area contributed by atoms with Crippen LogP contribution in [0.2, 0.25) is 0 Å². The first-order valence-corrected chi connectivity index (χ1v) is 10.4. The molecule has 0 atom stereocenters. The number of aromatic nitrogens is 1. The molecule has 0 amide bonds. The number of hydrogen-bond donors (Lipinski definition) is 0. The molecule has 0 radical (unpaired) electrons.